The fourth-order valence-electron chi connectivity index (χ4n) is 1.55. The first-order chi connectivity index (χ1) is 8.68. The molecule has 1 aromatic heterocycles. The highest BCUT2D eigenvalue weighted by molar-refractivity contribution is 5.85. The third kappa shape index (κ3) is 3.77. The van der Waals surface area contributed by atoms with E-state index in [1.807, 2.05) is 30.3 Å². The Morgan fingerprint density at radius 1 is 1.37 bits per heavy atom. The van der Waals surface area contributed by atoms with Gasteiger partial charge in [-0.25, -0.2) is 0 Å². The molecule has 6 nitrogen and oxygen atoms in total. The van der Waals surface area contributed by atoms with E-state index in [0.29, 0.717) is 5.82 Å². The molecule has 2 atom stereocenters. The summed E-state index contributed by atoms with van der Waals surface area (Å²) in [6.07, 6.45) is 1.22. The van der Waals surface area contributed by atoms with E-state index in [1.54, 1.807) is 6.92 Å². The summed E-state index contributed by atoms with van der Waals surface area (Å²) < 4.78 is 4.62. The van der Waals surface area contributed by atoms with Crippen molar-refractivity contribution >= 4 is 18.3 Å². The maximum absolute atomic E-state index is 11.9. The van der Waals surface area contributed by atoms with Gasteiger partial charge in [-0.3, -0.25) is 4.79 Å². The van der Waals surface area contributed by atoms with Crippen molar-refractivity contribution in [3.8, 4) is 0 Å². The van der Waals surface area contributed by atoms with Crippen molar-refractivity contribution in [3.63, 3.8) is 0 Å². The Kier molecular flexibility index (Phi) is 5.47. The van der Waals surface area contributed by atoms with Gasteiger partial charge in [-0.1, -0.05) is 35.5 Å². The molecule has 0 aliphatic rings. The number of nitrogens with zero attached hydrogens (tertiary/aromatic N) is 2. The quantitative estimate of drug-likeness (QED) is 0.883. The predicted octanol–water partition coefficient (Wildman–Crippen LogP) is 1.37. The molecule has 1 amide bonds. The Bertz CT molecular complexity index is 504. The molecule has 0 saturated carbocycles. The molecule has 2 rings (SSSR count). The van der Waals surface area contributed by atoms with E-state index in [1.165, 1.54) is 6.39 Å². The van der Waals surface area contributed by atoms with Crippen LogP contribution in [0.4, 0.5) is 0 Å². The third-order valence-electron chi connectivity index (χ3n) is 2.57. The van der Waals surface area contributed by atoms with Gasteiger partial charge in [0, 0.05) is 0 Å². The lowest BCUT2D eigenvalue weighted by molar-refractivity contribution is -0.123. The number of aromatic nitrogens is 2. The van der Waals surface area contributed by atoms with Crippen LogP contribution in [0.15, 0.2) is 41.2 Å². The average Bonchev–Trinajstić information content (AvgIpc) is 2.92. The van der Waals surface area contributed by atoms with E-state index in [4.69, 9.17) is 5.73 Å². The number of hydrogen-bond acceptors (Lipinski definition) is 5. The second kappa shape index (κ2) is 6.86. The number of halogens is 1. The van der Waals surface area contributed by atoms with Crippen LogP contribution in [0.2, 0.25) is 0 Å². The van der Waals surface area contributed by atoms with E-state index in [2.05, 4.69) is 20.0 Å². The number of amides is 1. The van der Waals surface area contributed by atoms with Crippen molar-refractivity contribution in [1.29, 1.82) is 0 Å². The Balaban J connectivity index is 0.00000180. The lowest BCUT2D eigenvalue weighted by atomic mass is 10.1. The van der Waals surface area contributed by atoms with Gasteiger partial charge in [-0.05, 0) is 12.5 Å². The molecular formula is C12H15ClN4O2. The largest absolute Gasteiger partial charge is 0.345 e. The van der Waals surface area contributed by atoms with Gasteiger partial charge in [0.15, 0.2) is 5.82 Å². The maximum atomic E-state index is 11.9. The van der Waals surface area contributed by atoms with E-state index >= 15 is 0 Å². The lowest BCUT2D eigenvalue weighted by Crippen LogP contribution is -2.36. The first-order valence-electron chi connectivity index (χ1n) is 5.55. The van der Waals surface area contributed by atoms with E-state index in [-0.39, 0.29) is 24.4 Å². The van der Waals surface area contributed by atoms with Crippen molar-refractivity contribution in [1.82, 2.24) is 15.5 Å². The Morgan fingerprint density at radius 2 is 2.05 bits per heavy atom. The maximum Gasteiger partial charge on any atom is 0.242 e. The van der Waals surface area contributed by atoms with Crippen LogP contribution < -0.4 is 11.1 Å². The van der Waals surface area contributed by atoms with Crippen LogP contribution in [-0.2, 0) is 4.79 Å². The molecule has 19 heavy (non-hydrogen) atoms. The third-order valence-corrected chi connectivity index (χ3v) is 2.57. The van der Waals surface area contributed by atoms with E-state index in [9.17, 15) is 4.79 Å². The molecule has 7 heteroatoms. The summed E-state index contributed by atoms with van der Waals surface area (Å²) in [6.45, 7) is 1.76. The molecular weight excluding hydrogens is 268 g/mol. The van der Waals surface area contributed by atoms with Crippen molar-refractivity contribution < 1.29 is 9.32 Å². The molecule has 0 fully saturated rings. The molecule has 0 aliphatic heterocycles. The van der Waals surface area contributed by atoms with Crippen molar-refractivity contribution in [3.05, 3.63) is 48.1 Å². The molecule has 1 heterocycles. The highest BCUT2D eigenvalue weighted by Crippen LogP contribution is 2.12. The normalized spacial score (nSPS) is 13.2. The average molecular weight is 283 g/mol. The summed E-state index contributed by atoms with van der Waals surface area (Å²) in [4.78, 5) is 15.8. The van der Waals surface area contributed by atoms with Gasteiger partial charge in [0.25, 0.3) is 0 Å². The molecule has 3 N–H and O–H groups in total. The summed E-state index contributed by atoms with van der Waals surface area (Å²) >= 11 is 0. The van der Waals surface area contributed by atoms with Crippen LogP contribution in [-0.4, -0.2) is 16.0 Å². The molecule has 0 bridgehead atoms. The summed E-state index contributed by atoms with van der Waals surface area (Å²) in [5.74, 6) is 0.141. The van der Waals surface area contributed by atoms with Gasteiger partial charge in [0.05, 0.1) is 6.04 Å². The number of carbonyl (C=O) groups excluding carboxylic acids is 1. The molecule has 0 spiro atoms. The number of rotatable bonds is 4. The van der Waals surface area contributed by atoms with Crippen molar-refractivity contribution in [2.24, 2.45) is 5.73 Å². The minimum atomic E-state index is -0.708. The second-order valence-corrected chi connectivity index (χ2v) is 3.91. The Morgan fingerprint density at radius 3 is 2.63 bits per heavy atom. The van der Waals surface area contributed by atoms with Crippen molar-refractivity contribution in [2.45, 2.75) is 19.0 Å². The van der Waals surface area contributed by atoms with Gasteiger partial charge in [-0.2, -0.15) is 4.98 Å². The van der Waals surface area contributed by atoms with E-state index in [0.717, 1.165) is 5.56 Å². The zero-order valence-corrected chi connectivity index (χ0v) is 11.1. The van der Waals surface area contributed by atoms with Crippen LogP contribution in [0.3, 0.4) is 0 Å². The number of carbonyl (C=O) groups is 1. The number of nitrogens with one attached hydrogen (secondary N) is 1. The zero-order valence-electron chi connectivity index (χ0n) is 10.3. The van der Waals surface area contributed by atoms with Crippen LogP contribution in [0.1, 0.15) is 30.4 Å². The van der Waals surface area contributed by atoms with Gasteiger partial charge >= 0.3 is 0 Å². The lowest BCUT2D eigenvalue weighted by Gasteiger charge is -2.15. The predicted molar refractivity (Wildman–Crippen MR) is 71.5 cm³/mol. The first-order valence-corrected chi connectivity index (χ1v) is 5.55. The smallest absolute Gasteiger partial charge is 0.242 e. The monoisotopic (exact) mass is 282 g/mol. The van der Waals surface area contributed by atoms with Gasteiger partial charge in [-0.15, -0.1) is 12.4 Å². The zero-order chi connectivity index (χ0) is 13.0. The van der Waals surface area contributed by atoms with Gasteiger partial charge < -0.3 is 15.6 Å². The molecule has 0 saturated heterocycles. The van der Waals surface area contributed by atoms with Crippen LogP contribution in [0.25, 0.3) is 0 Å². The Labute approximate surface area is 116 Å². The fraction of sp³-hybridized carbons (Fsp3) is 0.250. The minimum Gasteiger partial charge on any atom is -0.345 e. The molecule has 2 aromatic rings. The molecule has 0 radical (unpaired) electrons. The molecule has 102 valence electrons. The Hall–Kier alpha value is -1.92. The SMILES string of the molecule is CC(NC(=O)C(N)c1ccccc1)c1ncon1.Cl. The van der Waals surface area contributed by atoms with E-state index < -0.39 is 6.04 Å². The van der Waals surface area contributed by atoms with Crippen LogP contribution in [0.5, 0.6) is 0 Å². The minimum absolute atomic E-state index is 0. The van der Waals surface area contributed by atoms with Crippen LogP contribution >= 0.6 is 12.4 Å². The number of benzene rings is 1. The number of nitrogens with two attached hydrogens (primary N) is 1. The number of hydrogen-bond donors (Lipinski definition) is 2. The first kappa shape index (κ1) is 15.1. The summed E-state index contributed by atoms with van der Waals surface area (Å²) in [5, 5.41) is 6.39. The molecule has 0 aliphatic carbocycles. The van der Waals surface area contributed by atoms with Crippen molar-refractivity contribution in [2.75, 3.05) is 0 Å². The molecule has 2 unspecified atom stereocenters. The summed E-state index contributed by atoms with van der Waals surface area (Å²) in [6, 6.07) is 8.12. The standard InChI is InChI=1S/C12H14N4O2.ClH/c1-8(11-14-7-18-16-11)15-12(17)10(13)9-5-3-2-4-6-9;/h2-8,10H,13H2,1H3,(H,15,17);1H. The van der Waals surface area contributed by atoms with Gasteiger partial charge in [0.2, 0.25) is 12.3 Å². The summed E-state index contributed by atoms with van der Waals surface area (Å²) in [7, 11) is 0. The summed E-state index contributed by atoms with van der Waals surface area (Å²) in [5.41, 5.74) is 6.62. The highest BCUT2D eigenvalue weighted by atomic mass is 35.5. The second-order valence-electron chi connectivity index (χ2n) is 3.91. The fourth-order valence-corrected chi connectivity index (χ4v) is 1.55. The van der Waals surface area contributed by atoms with Gasteiger partial charge in [0.1, 0.15) is 6.04 Å². The molecule has 1 aromatic carbocycles. The highest BCUT2D eigenvalue weighted by Gasteiger charge is 2.19. The topological polar surface area (TPSA) is 94.0 Å². The van der Waals surface area contributed by atoms with Crippen LogP contribution in [0, 0.1) is 0 Å².